The Balaban J connectivity index is 1.54. The van der Waals surface area contributed by atoms with E-state index in [9.17, 15) is 9.59 Å². The Kier molecular flexibility index (Phi) is 6.61. The molecule has 3 aromatic carbocycles. The van der Waals surface area contributed by atoms with Crippen LogP contribution in [0.4, 0.5) is 17.1 Å². The highest BCUT2D eigenvalue weighted by molar-refractivity contribution is 6.35. The van der Waals surface area contributed by atoms with Gasteiger partial charge >= 0.3 is 0 Å². The number of anilines is 3. The summed E-state index contributed by atoms with van der Waals surface area (Å²) in [7, 11) is 2.08. The largest absolute Gasteiger partial charge is 0.380 e. The number of hydrogen-bond acceptors (Lipinski definition) is 5. The fourth-order valence-corrected chi connectivity index (χ4v) is 4.81. The number of fused-ring (bicyclic) bond motifs is 1. The minimum Gasteiger partial charge on any atom is -0.380 e. The average Bonchev–Trinajstić information content (AvgIpc) is 2.75. The van der Waals surface area contributed by atoms with Gasteiger partial charge in [0.25, 0.3) is 10.9 Å². The number of likely N-dealkylation sites (N-methyl/N-ethyl adjacent to an activating group) is 1. The van der Waals surface area contributed by atoms with E-state index in [0.29, 0.717) is 33.9 Å². The van der Waals surface area contributed by atoms with Crippen molar-refractivity contribution in [3.63, 3.8) is 0 Å². The van der Waals surface area contributed by atoms with E-state index in [1.54, 1.807) is 6.07 Å². The predicted molar refractivity (Wildman–Crippen MR) is 134 cm³/mol. The summed E-state index contributed by atoms with van der Waals surface area (Å²) < 4.78 is 0. The SMILES string of the molecule is CC(C)CCNc1c(Nc2ccc(C3CN(C)Cc4c(Cl)cc(Cl)cc43)cc2)c(=O)c1=O. The topological polar surface area (TPSA) is 61.4 Å². The number of benzene rings is 2. The lowest BCUT2D eigenvalue weighted by molar-refractivity contribution is 0.295. The summed E-state index contributed by atoms with van der Waals surface area (Å²) >= 11 is 12.8. The lowest BCUT2D eigenvalue weighted by Crippen LogP contribution is -2.37. The Morgan fingerprint density at radius 1 is 1.06 bits per heavy atom. The molecule has 168 valence electrons. The second-order valence-corrected chi connectivity index (χ2v) is 9.81. The van der Waals surface area contributed by atoms with Crippen LogP contribution in [-0.2, 0) is 6.54 Å². The predicted octanol–water partition coefficient (Wildman–Crippen LogP) is 5.37. The van der Waals surface area contributed by atoms with Crippen LogP contribution in [0.2, 0.25) is 10.0 Å². The number of nitrogens with one attached hydrogen (secondary N) is 2. The summed E-state index contributed by atoms with van der Waals surface area (Å²) in [5.41, 5.74) is 3.96. The zero-order chi connectivity index (χ0) is 23.0. The molecule has 3 aromatic rings. The van der Waals surface area contributed by atoms with Crippen LogP contribution in [0, 0.1) is 5.92 Å². The lowest BCUT2D eigenvalue weighted by atomic mass is 9.84. The molecule has 1 heterocycles. The standard InChI is InChI=1S/C25H27Cl2N3O2/c1-14(2)8-9-28-22-23(25(32)24(22)31)29-17-6-4-15(5-7-17)19-12-30(3)13-20-18(19)10-16(26)11-21(20)27/h4-7,10-11,14,19,28-29H,8-9,12-13H2,1-3H3. The molecule has 7 heteroatoms. The monoisotopic (exact) mass is 471 g/mol. The van der Waals surface area contributed by atoms with Crippen molar-refractivity contribution < 1.29 is 0 Å². The van der Waals surface area contributed by atoms with E-state index in [1.807, 2.05) is 30.3 Å². The first kappa shape index (κ1) is 22.8. The van der Waals surface area contributed by atoms with Gasteiger partial charge in [0.15, 0.2) is 0 Å². The number of nitrogens with zero attached hydrogens (tertiary/aromatic N) is 1. The van der Waals surface area contributed by atoms with Gasteiger partial charge in [0, 0.05) is 41.3 Å². The number of halogens is 2. The molecule has 1 aliphatic heterocycles. The van der Waals surface area contributed by atoms with Crippen molar-refractivity contribution >= 4 is 40.3 Å². The Morgan fingerprint density at radius 3 is 2.44 bits per heavy atom. The van der Waals surface area contributed by atoms with Gasteiger partial charge in [0.05, 0.1) is 0 Å². The van der Waals surface area contributed by atoms with Crippen molar-refractivity contribution in [1.82, 2.24) is 4.90 Å². The highest BCUT2D eigenvalue weighted by Gasteiger charge is 2.27. The van der Waals surface area contributed by atoms with Crippen LogP contribution in [0.15, 0.2) is 46.0 Å². The van der Waals surface area contributed by atoms with Crippen LogP contribution >= 0.6 is 23.2 Å². The second kappa shape index (κ2) is 9.26. The molecule has 0 saturated heterocycles. The zero-order valence-electron chi connectivity index (χ0n) is 18.5. The molecule has 0 radical (unpaired) electrons. The lowest BCUT2D eigenvalue weighted by Gasteiger charge is -2.33. The molecule has 0 bridgehead atoms. The van der Waals surface area contributed by atoms with Crippen molar-refractivity contribution in [2.75, 3.05) is 30.8 Å². The minimum atomic E-state index is -0.478. The fraction of sp³-hybridized carbons (Fsp3) is 0.360. The van der Waals surface area contributed by atoms with Gasteiger partial charge in [0.2, 0.25) is 0 Å². The van der Waals surface area contributed by atoms with E-state index >= 15 is 0 Å². The second-order valence-electron chi connectivity index (χ2n) is 8.97. The van der Waals surface area contributed by atoms with Gasteiger partial charge in [-0.25, -0.2) is 0 Å². The highest BCUT2D eigenvalue weighted by Crippen LogP contribution is 2.38. The van der Waals surface area contributed by atoms with Gasteiger partial charge in [-0.3, -0.25) is 9.59 Å². The molecule has 1 atom stereocenters. The molecule has 0 saturated carbocycles. The van der Waals surface area contributed by atoms with E-state index in [4.69, 9.17) is 23.2 Å². The van der Waals surface area contributed by atoms with Gasteiger partial charge in [-0.05, 0) is 60.3 Å². The third kappa shape index (κ3) is 4.56. The van der Waals surface area contributed by atoms with E-state index in [1.165, 1.54) is 0 Å². The van der Waals surface area contributed by atoms with Gasteiger partial charge < -0.3 is 15.5 Å². The Hall–Kier alpha value is -2.34. The molecule has 0 spiro atoms. The average molecular weight is 472 g/mol. The highest BCUT2D eigenvalue weighted by atomic mass is 35.5. The number of rotatable bonds is 7. The van der Waals surface area contributed by atoms with Crippen molar-refractivity contribution in [3.05, 3.63) is 83.6 Å². The quantitative estimate of drug-likeness (QED) is 0.453. The Bertz CT molecular complexity index is 1200. The van der Waals surface area contributed by atoms with E-state index in [2.05, 4.69) is 36.4 Å². The molecule has 0 fully saturated rings. The van der Waals surface area contributed by atoms with Crippen molar-refractivity contribution in [1.29, 1.82) is 0 Å². The normalized spacial score (nSPS) is 16.4. The first-order chi connectivity index (χ1) is 15.2. The molecule has 32 heavy (non-hydrogen) atoms. The van der Waals surface area contributed by atoms with Crippen LogP contribution in [0.3, 0.4) is 0 Å². The summed E-state index contributed by atoms with van der Waals surface area (Å²) in [4.78, 5) is 26.3. The maximum absolute atomic E-state index is 12.1. The molecule has 0 aliphatic carbocycles. The maximum Gasteiger partial charge on any atom is 0.253 e. The molecule has 5 nitrogen and oxygen atoms in total. The van der Waals surface area contributed by atoms with Gasteiger partial charge in [-0.2, -0.15) is 0 Å². The first-order valence-corrected chi connectivity index (χ1v) is 11.6. The van der Waals surface area contributed by atoms with Crippen LogP contribution in [-0.4, -0.2) is 25.0 Å². The van der Waals surface area contributed by atoms with Crippen LogP contribution < -0.4 is 21.5 Å². The smallest absolute Gasteiger partial charge is 0.253 e. The molecule has 0 aromatic heterocycles. The summed E-state index contributed by atoms with van der Waals surface area (Å²) in [5.74, 6) is 0.667. The molecular formula is C25H27Cl2N3O2. The first-order valence-electron chi connectivity index (χ1n) is 10.8. The molecule has 4 rings (SSSR count). The van der Waals surface area contributed by atoms with Crippen molar-refractivity contribution in [3.8, 4) is 0 Å². The number of hydrogen-bond donors (Lipinski definition) is 2. The van der Waals surface area contributed by atoms with E-state index in [-0.39, 0.29) is 5.92 Å². The molecule has 1 unspecified atom stereocenters. The van der Waals surface area contributed by atoms with Gasteiger partial charge in [-0.1, -0.05) is 49.2 Å². The maximum atomic E-state index is 12.1. The summed E-state index contributed by atoms with van der Waals surface area (Å²) in [6.45, 7) is 6.55. The molecule has 0 amide bonds. The van der Waals surface area contributed by atoms with Gasteiger partial charge in [-0.15, -0.1) is 0 Å². The minimum absolute atomic E-state index is 0.147. The molecule has 1 aliphatic rings. The van der Waals surface area contributed by atoms with Crippen LogP contribution in [0.1, 0.15) is 42.9 Å². The fourth-order valence-electron chi connectivity index (χ4n) is 4.24. The van der Waals surface area contributed by atoms with Gasteiger partial charge in [0.1, 0.15) is 11.4 Å². The third-order valence-electron chi connectivity index (χ3n) is 6.01. The molecule has 2 N–H and O–H groups in total. The summed E-state index contributed by atoms with van der Waals surface area (Å²) in [6.07, 6.45) is 0.929. The summed E-state index contributed by atoms with van der Waals surface area (Å²) in [5, 5.41) is 7.56. The van der Waals surface area contributed by atoms with Crippen molar-refractivity contribution in [2.24, 2.45) is 5.92 Å². The third-order valence-corrected chi connectivity index (χ3v) is 6.56. The summed E-state index contributed by atoms with van der Waals surface area (Å²) in [6, 6.07) is 11.8. The van der Waals surface area contributed by atoms with Crippen molar-refractivity contribution in [2.45, 2.75) is 32.7 Å². The van der Waals surface area contributed by atoms with E-state index in [0.717, 1.165) is 41.9 Å². The Morgan fingerprint density at radius 2 is 1.75 bits per heavy atom. The Labute approximate surface area is 198 Å². The van der Waals surface area contributed by atoms with Crippen LogP contribution in [0.5, 0.6) is 0 Å². The van der Waals surface area contributed by atoms with Crippen LogP contribution in [0.25, 0.3) is 0 Å². The van der Waals surface area contributed by atoms with E-state index < -0.39 is 10.9 Å². The zero-order valence-corrected chi connectivity index (χ0v) is 20.0. The molecular weight excluding hydrogens is 445 g/mol.